The number of benzene rings is 2. The van der Waals surface area contributed by atoms with Gasteiger partial charge in [0.2, 0.25) is 0 Å². The Morgan fingerprint density at radius 3 is 2.44 bits per heavy atom. The van der Waals surface area contributed by atoms with Crippen LogP contribution in [-0.4, -0.2) is 5.78 Å². The summed E-state index contributed by atoms with van der Waals surface area (Å²) in [4.78, 5) is 11.4. The van der Waals surface area contributed by atoms with Crippen LogP contribution in [0, 0.1) is 0 Å². The summed E-state index contributed by atoms with van der Waals surface area (Å²) in [5.41, 5.74) is 1.62. The highest BCUT2D eigenvalue weighted by molar-refractivity contribution is 6.30. The third-order valence-electron chi connectivity index (χ3n) is 2.57. The number of halogens is 1. The molecule has 0 fully saturated rings. The second-order valence-electron chi connectivity index (χ2n) is 3.97. The zero-order valence-electron chi connectivity index (χ0n) is 10.0. The van der Waals surface area contributed by atoms with Gasteiger partial charge in [0.1, 0.15) is 12.4 Å². The molecule has 0 unspecified atom stereocenters. The van der Waals surface area contributed by atoms with Gasteiger partial charge in [-0.15, -0.1) is 0 Å². The molecule has 0 N–H and O–H groups in total. The first kappa shape index (κ1) is 12.7. The summed E-state index contributed by atoms with van der Waals surface area (Å²) >= 11 is 5.81. The first-order chi connectivity index (χ1) is 8.66. The number of carbonyl (C=O) groups is 1. The van der Waals surface area contributed by atoms with Crippen molar-refractivity contribution < 1.29 is 9.53 Å². The lowest BCUT2D eigenvalue weighted by atomic mass is 10.1. The number of Topliss-reactive ketones (excluding diaryl/α,β-unsaturated/α-hetero) is 1. The molecule has 0 saturated heterocycles. The van der Waals surface area contributed by atoms with Crippen LogP contribution < -0.4 is 4.74 Å². The largest absolute Gasteiger partial charge is 0.488 e. The standard InChI is InChI=1S/C15H13ClO2/c1-11(17)14-4-2-3-5-15(14)18-10-12-6-8-13(16)9-7-12/h2-9H,10H2,1H3. The summed E-state index contributed by atoms with van der Waals surface area (Å²) in [7, 11) is 0. The Labute approximate surface area is 111 Å². The molecular weight excluding hydrogens is 248 g/mol. The zero-order valence-corrected chi connectivity index (χ0v) is 10.8. The summed E-state index contributed by atoms with van der Waals surface area (Å²) in [5.74, 6) is 0.613. The van der Waals surface area contributed by atoms with Crippen molar-refractivity contribution in [2.75, 3.05) is 0 Å². The number of para-hydroxylation sites is 1. The average molecular weight is 261 g/mol. The van der Waals surface area contributed by atoms with Crippen molar-refractivity contribution in [2.45, 2.75) is 13.5 Å². The van der Waals surface area contributed by atoms with Crippen molar-refractivity contribution in [3.63, 3.8) is 0 Å². The maximum absolute atomic E-state index is 11.4. The van der Waals surface area contributed by atoms with E-state index in [0.29, 0.717) is 22.9 Å². The maximum atomic E-state index is 11.4. The number of ether oxygens (including phenoxy) is 1. The van der Waals surface area contributed by atoms with Crippen LogP contribution in [0.3, 0.4) is 0 Å². The molecule has 18 heavy (non-hydrogen) atoms. The van der Waals surface area contributed by atoms with Gasteiger partial charge in [0.05, 0.1) is 5.56 Å². The number of hydrogen-bond acceptors (Lipinski definition) is 2. The van der Waals surface area contributed by atoms with Gasteiger partial charge in [-0.1, -0.05) is 35.9 Å². The maximum Gasteiger partial charge on any atom is 0.163 e. The van der Waals surface area contributed by atoms with Gasteiger partial charge in [-0.25, -0.2) is 0 Å². The lowest BCUT2D eigenvalue weighted by Gasteiger charge is -2.09. The second-order valence-corrected chi connectivity index (χ2v) is 4.40. The Bertz CT molecular complexity index is 547. The summed E-state index contributed by atoms with van der Waals surface area (Å²) in [6.45, 7) is 1.95. The molecule has 2 nitrogen and oxygen atoms in total. The fourth-order valence-corrected chi connectivity index (χ4v) is 1.75. The molecule has 0 spiro atoms. The minimum atomic E-state index is 0.00158. The SMILES string of the molecule is CC(=O)c1ccccc1OCc1ccc(Cl)cc1. The van der Waals surface area contributed by atoms with Gasteiger partial charge >= 0.3 is 0 Å². The molecule has 2 aromatic rings. The van der Waals surface area contributed by atoms with Crippen LogP contribution in [0.1, 0.15) is 22.8 Å². The third-order valence-corrected chi connectivity index (χ3v) is 2.83. The molecule has 2 aromatic carbocycles. The van der Waals surface area contributed by atoms with Crippen LogP contribution in [0.4, 0.5) is 0 Å². The van der Waals surface area contributed by atoms with Crippen LogP contribution >= 0.6 is 11.6 Å². The Morgan fingerprint density at radius 1 is 1.11 bits per heavy atom. The molecule has 0 saturated carbocycles. The molecule has 0 aliphatic heterocycles. The molecule has 92 valence electrons. The first-order valence-corrected chi connectivity index (χ1v) is 6.02. The molecule has 3 heteroatoms. The van der Waals surface area contributed by atoms with Gasteiger partial charge < -0.3 is 4.74 Å². The third kappa shape index (κ3) is 3.11. The quantitative estimate of drug-likeness (QED) is 0.773. The topological polar surface area (TPSA) is 26.3 Å². The predicted molar refractivity (Wildman–Crippen MR) is 72.2 cm³/mol. The van der Waals surface area contributed by atoms with Crippen LogP contribution in [0.5, 0.6) is 5.75 Å². The van der Waals surface area contributed by atoms with Gasteiger partial charge in [-0.05, 0) is 36.8 Å². The van der Waals surface area contributed by atoms with Crippen molar-refractivity contribution >= 4 is 17.4 Å². The molecule has 2 rings (SSSR count). The van der Waals surface area contributed by atoms with Crippen molar-refractivity contribution in [1.29, 1.82) is 0 Å². The van der Waals surface area contributed by atoms with Crippen LogP contribution in [-0.2, 0) is 6.61 Å². The van der Waals surface area contributed by atoms with E-state index in [-0.39, 0.29) is 5.78 Å². The van der Waals surface area contributed by atoms with E-state index < -0.39 is 0 Å². The van der Waals surface area contributed by atoms with Gasteiger partial charge in [-0.2, -0.15) is 0 Å². The minimum absolute atomic E-state index is 0.00158. The molecule has 0 amide bonds. The van der Waals surface area contributed by atoms with E-state index >= 15 is 0 Å². The summed E-state index contributed by atoms with van der Waals surface area (Å²) in [6.07, 6.45) is 0. The Hall–Kier alpha value is -1.80. The van der Waals surface area contributed by atoms with Gasteiger partial charge in [0, 0.05) is 5.02 Å². The van der Waals surface area contributed by atoms with E-state index in [4.69, 9.17) is 16.3 Å². The Morgan fingerprint density at radius 2 is 1.78 bits per heavy atom. The fraction of sp³-hybridized carbons (Fsp3) is 0.133. The summed E-state index contributed by atoms with van der Waals surface area (Å²) in [5, 5.41) is 0.697. The highest BCUT2D eigenvalue weighted by Crippen LogP contribution is 2.20. The van der Waals surface area contributed by atoms with E-state index in [1.54, 1.807) is 12.1 Å². The van der Waals surface area contributed by atoms with Crippen molar-refractivity contribution in [3.8, 4) is 5.75 Å². The number of hydrogen-bond donors (Lipinski definition) is 0. The molecule has 0 heterocycles. The molecule has 0 aliphatic rings. The highest BCUT2D eigenvalue weighted by atomic mass is 35.5. The Balaban J connectivity index is 2.10. The van der Waals surface area contributed by atoms with Crippen molar-refractivity contribution in [1.82, 2.24) is 0 Å². The van der Waals surface area contributed by atoms with Crippen LogP contribution in [0.2, 0.25) is 5.02 Å². The monoisotopic (exact) mass is 260 g/mol. The first-order valence-electron chi connectivity index (χ1n) is 5.64. The Kier molecular flexibility index (Phi) is 4.00. The molecule has 0 aliphatic carbocycles. The molecule has 0 atom stereocenters. The number of rotatable bonds is 4. The van der Waals surface area contributed by atoms with Crippen LogP contribution in [0.15, 0.2) is 48.5 Å². The average Bonchev–Trinajstić information content (AvgIpc) is 2.38. The number of ketones is 1. The smallest absolute Gasteiger partial charge is 0.163 e. The molecular formula is C15H13ClO2. The number of carbonyl (C=O) groups excluding carboxylic acids is 1. The fourth-order valence-electron chi connectivity index (χ4n) is 1.63. The molecule has 0 radical (unpaired) electrons. The predicted octanol–water partition coefficient (Wildman–Crippen LogP) is 4.12. The van der Waals surface area contributed by atoms with Crippen molar-refractivity contribution in [2.24, 2.45) is 0 Å². The summed E-state index contributed by atoms with van der Waals surface area (Å²) < 4.78 is 5.66. The normalized spacial score (nSPS) is 10.1. The minimum Gasteiger partial charge on any atom is -0.488 e. The zero-order chi connectivity index (χ0) is 13.0. The van der Waals surface area contributed by atoms with E-state index in [1.165, 1.54) is 6.92 Å². The van der Waals surface area contributed by atoms with Crippen LogP contribution in [0.25, 0.3) is 0 Å². The summed E-state index contributed by atoms with van der Waals surface area (Å²) in [6, 6.07) is 14.7. The van der Waals surface area contributed by atoms with E-state index in [2.05, 4.69) is 0 Å². The van der Waals surface area contributed by atoms with Crippen molar-refractivity contribution in [3.05, 3.63) is 64.7 Å². The molecule has 0 bridgehead atoms. The van der Waals surface area contributed by atoms with E-state index in [0.717, 1.165) is 5.56 Å². The van der Waals surface area contributed by atoms with Gasteiger partial charge in [-0.3, -0.25) is 4.79 Å². The molecule has 0 aromatic heterocycles. The van der Waals surface area contributed by atoms with E-state index in [1.807, 2.05) is 36.4 Å². The highest BCUT2D eigenvalue weighted by Gasteiger charge is 2.07. The lowest BCUT2D eigenvalue weighted by molar-refractivity contribution is 0.101. The second kappa shape index (κ2) is 5.69. The van der Waals surface area contributed by atoms with Gasteiger partial charge in [0.15, 0.2) is 5.78 Å². The van der Waals surface area contributed by atoms with Gasteiger partial charge in [0.25, 0.3) is 0 Å². The lowest BCUT2D eigenvalue weighted by Crippen LogP contribution is -2.01. The van der Waals surface area contributed by atoms with E-state index in [9.17, 15) is 4.79 Å².